The standard InChI is InChI=1S/C36H38F6O3/c1-3-19-44-30-17-15-26(32(38)36(30)42)23-9-11-24(12-10-23)45-20-21-5-7-22(8-6-21)25-13-14-27(33(39)31(25)37)28-16-18-29(43-4-2)35(41)34(28)40/h7,13-18,21,23-24H,3-6,8-12,19-20H2,1-2H3. The maximum Gasteiger partial charge on any atom is 0.201 e. The lowest BCUT2D eigenvalue weighted by atomic mass is 9.82. The molecular formula is C36H38F6O3. The predicted octanol–water partition coefficient (Wildman–Crippen LogP) is 10.3. The number of benzene rings is 3. The molecule has 1 unspecified atom stereocenters. The van der Waals surface area contributed by atoms with Gasteiger partial charge in [-0.2, -0.15) is 8.78 Å². The fourth-order valence-corrected chi connectivity index (χ4v) is 6.29. The van der Waals surface area contributed by atoms with Crippen molar-refractivity contribution in [3.63, 3.8) is 0 Å². The van der Waals surface area contributed by atoms with Crippen LogP contribution in [0.3, 0.4) is 0 Å². The highest BCUT2D eigenvalue weighted by molar-refractivity contribution is 5.72. The van der Waals surface area contributed by atoms with Gasteiger partial charge in [0, 0.05) is 16.7 Å². The van der Waals surface area contributed by atoms with Gasteiger partial charge in [0.2, 0.25) is 11.6 Å². The summed E-state index contributed by atoms with van der Waals surface area (Å²) in [6.07, 6.45) is 7.35. The Labute approximate surface area is 260 Å². The summed E-state index contributed by atoms with van der Waals surface area (Å²) in [5.41, 5.74) is 0.407. The third-order valence-electron chi connectivity index (χ3n) is 8.80. The quantitative estimate of drug-likeness (QED) is 0.197. The van der Waals surface area contributed by atoms with Crippen LogP contribution in [0.25, 0.3) is 16.7 Å². The Hall–Kier alpha value is -3.46. The minimum atomic E-state index is -1.30. The normalized spacial score (nSPS) is 20.2. The molecule has 0 heterocycles. The molecule has 5 rings (SSSR count). The van der Waals surface area contributed by atoms with E-state index in [9.17, 15) is 17.6 Å². The van der Waals surface area contributed by atoms with Gasteiger partial charge in [-0.1, -0.05) is 31.2 Å². The Morgan fingerprint density at radius 3 is 1.91 bits per heavy atom. The largest absolute Gasteiger partial charge is 0.491 e. The zero-order valence-corrected chi connectivity index (χ0v) is 25.5. The van der Waals surface area contributed by atoms with Crippen LogP contribution in [-0.4, -0.2) is 25.9 Å². The molecule has 0 amide bonds. The second-order valence-corrected chi connectivity index (χ2v) is 11.8. The summed E-state index contributed by atoms with van der Waals surface area (Å²) in [7, 11) is 0. The Bertz CT molecular complexity index is 1530. The van der Waals surface area contributed by atoms with E-state index in [-0.39, 0.29) is 52.7 Å². The van der Waals surface area contributed by atoms with Crippen molar-refractivity contribution in [2.24, 2.45) is 5.92 Å². The Morgan fingerprint density at radius 2 is 1.24 bits per heavy atom. The molecule has 242 valence electrons. The predicted molar refractivity (Wildman–Crippen MR) is 161 cm³/mol. The van der Waals surface area contributed by atoms with E-state index in [1.54, 1.807) is 13.0 Å². The summed E-state index contributed by atoms with van der Waals surface area (Å²) in [5, 5.41) is 0. The van der Waals surface area contributed by atoms with Crippen LogP contribution in [0.15, 0.2) is 42.5 Å². The molecular weight excluding hydrogens is 594 g/mol. The maximum atomic E-state index is 15.2. The van der Waals surface area contributed by atoms with Crippen LogP contribution < -0.4 is 9.47 Å². The van der Waals surface area contributed by atoms with E-state index in [4.69, 9.17) is 14.2 Å². The molecule has 0 aliphatic heterocycles. The van der Waals surface area contributed by atoms with Crippen molar-refractivity contribution in [1.29, 1.82) is 0 Å². The maximum absolute atomic E-state index is 15.2. The molecule has 2 aliphatic carbocycles. The summed E-state index contributed by atoms with van der Waals surface area (Å²) in [6.45, 7) is 4.50. The van der Waals surface area contributed by atoms with E-state index in [1.807, 2.05) is 13.0 Å². The number of halogens is 6. The third kappa shape index (κ3) is 7.19. The van der Waals surface area contributed by atoms with E-state index < -0.39 is 34.9 Å². The first kappa shape index (κ1) is 32.9. The first-order valence-electron chi connectivity index (χ1n) is 15.7. The van der Waals surface area contributed by atoms with Gasteiger partial charge in [-0.05, 0) is 99.5 Å². The van der Waals surface area contributed by atoms with Crippen LogP contribution in [-0.2, 0) is 4.74 Å². The van der Waals surface area contributed by atoms with Crippen LogP contribution in [0, 0.1) is 40.8 Å². The van der Waals surface area contributed by atoms with Crippen LogP contribution in [0.2, 0.25) is 0 Å². The molecule has 1 saturated carbocycles. The molecule has 0 N–H and O–H groups in total. The van der Waals surface area contributed by atoms with Gasteiger partial charge in [0.05, 0.1) is 25.9 Å². The van der Waals surface area contributed by atoms with E-state index >= 15 is 8.78 Å². The third-order valence-corrected chi connectivity index (χ3v) is 8.80. The molecule has 0 saturated heterocycles. The van der Waals surface area contributed by atoms with Crippen LogP contribution in [0.5, 0.6) is 11.5 Å². The zero-order valence-electron chi connectivity index (χ0n) is 25.5. The van der Waals surface area contributed by atoms with Gasteiger partial charge >= 0.3 is 0 Å². The molecule has 45 heavy (non-hydrogen) atoms. The highest BCUT2D eigenvalue weighted by Crippen LogP contribution is 2.40. The van der Waals surface area contributed by atoms with E-state index in [0.717, 1.165) is 19.3 Å². The van der Waals surface area contributed by atoms with Crippen molar-refractivity contribution >= 4 is 5.57 Å². The molecule has 0 spiro atoms. The monoisotopic (exact) mass is 632 g/mol. The van der Waals surface area contributed by atoms with Gasteiger partial charge in [-0.3, -0.25) is 0 Å². The van der Waals surface area contributed by atoms with Crippen molar-refractivity contribution in [2.45, 2.75) is 77.2 Å². The lowest BCUT2D eigenvalue weighted by Gasteiger charge is -2.31. The van der Waals surface area contributed by atoms with Gasteiger partial charge in [-0.15, -0.1) is 0 Å². The van der Waals surface area contributed by atoms with E-state index in [0.29, 0.717) is 56.5 Å². The topological polar surface area (TPSA) is 27.7 Å². The minimum absolute atomic E-state index is 0.0265. The lowest BCUT2D eigenvalue weighted by Crippen LogP contribution is -2.24. The average molecular weight is 633 g/mol. The van der Waals surface area contributed by atoms with Crippen molar-refractivity contribution in [1.82, 2.24) is 0 Å². The van der Waals surface area contributed by atoms with Crippen molar-refractivity contribution in [3.05, 3.63) is 88.5 Å². The molecule has 0 radical (unpaired) electrons. The molecule has 0 bridgehead atoms. The SMILES string of the molecule is CCCOc1ccc(C2CCC(OCC3CC=C(c4ccc(-c5ccc(OCC)c(F)c5F)c(F)c4F)CC3)CC2)c(F)c1F. The number of ether oxygens (including phenoxy) is 3. The van der Waals surface area contributed by atoms with E-state index in [2.05, 4.69) is 0 Å². The Balaban J connectivity index is 1.15. The van der Waals surface area contributed by atoms with Gasteiger partial charge in [0.25, 0.3) is 0 Å². The Kier molecular flexibility index (Phi) is 10.8. The number of rotatable bonds is 11. The second-order valence-electron chi connectivity index (χ2n) is 11.8. The van der Waals surface area contributed by atoms with Gasteiger partial charge < -0.3 is 14.2 Å². The smallest absolute Gasteiger partial charge is 0.201 e. The van der Waals surface area contributed by atoms with Gasteiger partial charge in [0.15, 0.2) is 34.8 Å². The molecule has 9 heteroatoms. The summed E-state index contributed by atoms with van der Waals surface area (Å²) in [6, 6.07) is 8.19. The molecule has 3 aromatic rings. The van der Waals surface area contributed by atoms with Crippen molar-refractivity contribution in [2.75, 3.05) is 19.8 Å². The molecule has 1 atom stereocenters. The first-order chi connectivity index (χ1) is 21.7. The van der Waals surface area contributed by atoms with Crippen LogP contribution in [0.4, 0.5) is 26.3 Å². The fraction of sp³-hybridized carbons (Fsp3) is 0.444. The molecule has 3 nitrogen and oxygen atoms in total. The first-order valence-corrected chi connectivity index (χ1v) is 15.7. The van der Waals surface area contributed by atoms with Gasteiger partial charge in [0.1, 0.15) is 0 Å². The molecule has 3 aromatic carbocycles. The number of allylic oxidation sites excluding steroid dienone is 2. The minimum Gasteiger partial charge on any atom is -0.491 e. The van der Waals surface area contributed by atoms with Crippen LogP contribution >= 0.6 is 0 Å². The average Bonchev–Trinajstić information content (AvgIpc) is 3.05. The van der Waals surface area contributed by atoms with E-state index in [1.165, 1.54) is 30.3 Å². The number of hydrogen-bond acceptors (Lipinski definition) is 3. The number of hydrogen-bond donors (Lipinski definition) is 0. The Morgan fingerprint density at radius 1 is 0.644 bits per heavy atom. The highest BCUT2D eigenvalue weighted by Gasteiger charge is 2.29. The molecule has 1 fully saturated rings. The summed E-state index contributed by atoms with van der Waals surface area (Å²) >= 11 is 0. The fourth-order valence-electron chi connectivity index (χ4n) is 6.29. The molecule has 2 aliphatic rings. The van der Waals surface area contributed by atoms with Crippen molar-refractivity contribution < 1.29 is 40.6 Å². The second kappa shape index (κ2) is 14.8. The molecule has 0 aromatic heterocycles. The summed E-state index contributed by atoms with van der Waals surface area (Å²) in [5.74, 6) is -6.86. The lowest BCUT2D eigenvalue weighted by molar-refractivity contribution is 0.00321. The highest BCUT2D eigenvalue weighted by atomic mass is 19.2. The van der Waals surface area contributed by atoms with Crippen LogP contribution in [0.1, 0.15) is 82.3 Å². The van der Waals surface area contributed by atoms with Gasteiger partial charge in [-0.25, -0.2) is 17.6 Å². The zero-order chi connectivity index (χ0) is 32.1. The summed E-state index contributed by atoms with van der Waals surface area (Å²) < 4.78 is 105. The summed E-state index contributed by atoms with van der Waals surface area (Å²) in [4.78, 5) is 0. The van der Waals surface area contributed by atoms with Crippen molar-refractivity contribution in [3.8, 4) is 22.6 Å².